The number of halogens is 7. The first kappa shape index (κ1) is 11.1. The van der Waals surface area contributed by atoms with E-state index in [1.54, 1.807) is 15.9 Å². The molecular formula is C5H3BrF6O. The minimum absolute atomic E-state index is 0.374. The SMILES string of the molecule is COC1(F)C(F)(F)C(F)(F)C1(F)Br. The molecule has 0 heterocycles. The van der Waals surface area contributed by atoms with Crippen molar-refractivity contribution in [3.63, 3.8) is 0 Å². The lowest BCUT2D eigenvalue weighted by Crippen LogP contribution is -2.84. The Morgan fingerprint density at radius 1 is 0.923 bits per heavy atom. The van der Waals surface area contributed by atoms with E-state index in [0.717, 1.165) is 0 Å². The maximum atomic E-state index is 12.8. The third-order valence-electron chi connectivity index (χ3n) is 1.88. The molecule has 0 bridgehead atoms. The Bertz CT molecular complexity index is 221. The van der Waals surface area contributed by atoms with Crippen LogP contribution in [0, 0.1) is 0 Å². The van der Waals surface area contributed by atoms with Crippen LogP contribution in [0.25, 0.3) is 0 Å². The second kappa shape index (κ2) is 2.33. The molecule has 2 atom stereocenters. The van der Waals surface area contributed by atoms with E-state index in [1.807, 2.05) is 0 Å². The largest absolute Gasteiger partial charge is 0.376 e. The van der Waals surface area contributed by atoms with Crippen molar-refractivity contribution in [3.05, 3.63) is 0 Å². The summed E-state index contributed by atoms with van der Waals surface area (Å²) in [5.74, 6) is -14.7. The summed E-state index contributed by atoms with van der Waals surface area (Å²) in [6, 6.07) is 0. The summed E-state index contributed by atoms with van der Waals surface area (Å²) in [5, 5.41) is 0. The summed E-state index contributed by atoms with van der Waals surface area (Å²) in [5.41, 5.74) is 0. The highest BCUT2D eigenvalue weighted by atomic mass is 79.9. The lowest BCUT2D eigenvalue weighted by atomic mass is 9.80. The molecule has 2 unspecified atom stereocenters. The second-order valence-electron chi connectivity index (χ2n) is 2.52. The summed E-state index contributed by atoms with van der Waals surface area (Å²) in [4.78, 5) is 0. The van der Waals surface area contributed by atoms with Crippen molar-refractivity contribution in [2.24, 2.45) is 0 Å². The zero-order valence-electron chi connectivity index (χ0n) is 6.05. The third kappa shape index (κ3) is 0.793. The van der Waals surface area contributed by atoms with Gasteiger partial charge in [0.05, 0.1) is 0 Å². The maximum absolute atomic E-state index is 12.8. The zero-order valence-corrected chi connectivity index (χ0v) is 7.64. The Hall–Kier alpha value is 0.0200. The fraction of sp³-hybridized carbons (Fsp3) is 1.00. The van der Waals surface area contributed by atoms with Gasteiger partial charge in [-0.2, -0.15) is 17.6 Å². The van der Waals surface area contributed by atoms with Crippen molar-refractivity contribution in [3.8, 4) is 0 Å². The minimum atomic E-state index is -5.19. The Morgan fingerprint density at radius 3 is 1.46 bits per heavy atom. The molecule has 0 aromatic heterocycles. The zero-order chi connectivity index (χ0) is 10.7. The summed E-state index contributed by atoms with van der Waals surface area (Å²) in [6.45, 7) is 0. The first-order valence-electron chi connectivity index (χ1n) is 2.94. The summed E-state index contributed by atoms with van der Waals surface area (Å²) in [6.07, 6.45) is 0. The van der Waals surface area contributed by atoms with Crippen molar-refractivity contribution < 1.29 is 31.1 Å². The van der Waals surface area contributed by atoms with Crippen molar-refractivity contribution in [1.29, 1.82) is 0 Å². The van der Waals surface area contributed by atoms with Gasteiger partial charge in [-0.1, -0.05) is 0 Å². The lowest BCUT2D eigenvalue weighted by Gasteiger charge is -2.54. The van der Waals surface area contributed by atoms with Gasteiger partial charge >= 0.3 is 17.7 Å². The number of hydrogen-bond donors (Lipinski definition) is 0. The molecule has 13 heavy (non-hydrogen) atoms. The maximum Gasteiger partial charge on any atom is 0.376 e. The molecule has 0 N–H and O–H groups in total. The van der Waals surface area contributed by atoms with E-state index in [9.17, 15) is 26.3 Å². The van der Waals surface area contributed by atoms with Crippen LogP contribution in [0.2, 0.25) is 0 Å². The molecule has 0 amide bonds. The molecule has 0 aromatic carbocycles. The van der Waals surface area contributed by atoms with Gasteiger partial charge in [-0.05, 0) is 15.9 Å². The van der Waals surface area contributed by atoms with Crippen LogP contribution in [-0.2, 0) is 4.74 Å². The average molecular weight is 273 g/mol. The predicted octanol–water partition coefficient (Wildman–Crippen LogP) is 2.64. The normalized spacial score (nSPS) is 47.1. The van der Waals surface area contributed by atoms with Crippen LogP contribution in [0.5, 0.6) is 0 Å². The van der Waals surface area contributed by atoms with Crippen molar-refractivity contribution in [1.82, 2.24) is 0 Å². The van der Waals surface area contributed by atoms with Gasteiger partial charge in [0.25, 0.3) is 4.58 Å². The fourth-order valence-electron chi connectivity index (χ4n) is 0.992. The van der Waals surface area contributed by atoms with Gasteiger partial charge < -0.3 is 4.74 Å². The number of hydrogen-bond acceptors (Lipinski definition) is 1. The molecule has 0 spiro atoms. The standard InChI is InChI=1S/C5H3BrF6O/c1-13-5(12)2(6,7)3(8,9)4(5,10)11/h1H3. The van der Waals surface area contributed by atoms with Gasteiger partial charge in [0.2, 0.25) is 0 Å². The molecule has 1 saturated carbocycles. The lowest BCUT2D eigenvalue weighted by molar-refractivity contribution is -0.469. The molecule has 1 fully saturated rings. The van der Waals surface area contributed by atoms with Crippen LogP contribution < -0.4 is 0 Å². The molecule has 1 nitrogen and oxygen atoms in total. The van der Waals surface area contributed by atoms with Gasteiger partial charge in [0, 0.05) is 7.11 Å². The Balaban J connectivity index is 3.18. The molecule has 1 aliphatic rings. The Kier molecular flexibility index (Phi) is 1.99. The van der Waals surface area contributed by atoms with Crippen LogP contribution in [0.1, 0.15) is 0 Å². The van der Waals surface area contributed by atoms with Crippen LogP contribution in [0.4, 0.5) is 26.3 Å². The van der Waals surface area contributed by atoms with E-state index in [1.165, 1.54) is 0 Å². The third-order valence-corrected chi connectivity index (χ3v) is 2.89. The molecule has 0 radical (unpaired) electrons. The number of methoxy groups -OCH3 is 1. The summed E-state index contributed by atoms with van der Waals surface area (Å²) >= 11 is 1.55. The van der Waals surface area contributed by atoms with Crippen LogP contribution >= 0.6 is 15.9 Å². The van der Waals surface area contributed by atoms with Gasteiger partial charge in [-0.15, -0.1) is 0 Å². The highest BCUT2D eigenvalue weighted by Gasteiger charge is 2.99. The highest BCUT2D eigenvalue weighted by Crippen LogP contribution is 2.70. The van der Waals surface area contributed by atoms with E-state index in [-0.39, 0.29) is 0 Å². The summed E-state index contributed by atoms with van der Waals surface area (Å²) in [7, 11) is 0.374. The Labute approximate surface area is 77.2 Å². The van der Waals surface area contributed by atoms with Gasteiger partial charge in [0.15, 0.2) is 0 Å². The molecule has 8 heteroatoms. The fourth-order valence-corrected chi connectivity index (χ4v) is 1.65. The molecular weight excluding hydrogens is 270 g/mol. The highest BCUT2D eigenvalue weighted by molar-refractivity contribution is 9.10. The molecule has 0 aromatic rings. The first-order chi connectivity index (χ1) is 5.56. The number of ether oxygens (including phenoxy) is 1. The minimum Gasteiger partial charge on any atom is -0.341 e. The topological polar surface area (TPSA) is 9.23 Å². The molecule has 0 saturated heterocycles. The molecule has 0 aliphatic heterocycles. The number of alkyl halides is 7. The van der Waals surface area contributed by atoms with E-state index < -0.39 is 22.3 Å². The average Bonchev–Trinajstić information content (AvgIpc) is 2.00. The number of rotatable bonds is 1. The first-order valence-corrected chi connectivity index (χ1v) is 3.73. The van der Waals surface area contributed by atoms with E-state index in [4.69, 9.17) is 0 Å². The molecule has 1 aliphatic carbocycles. The van der Waals surface area contributed by atoms with Crippen molar-refractivity contribution in [2.45, 2.75) is 22.3 Å². The predicted molar refractivity (Wildman–Crippen MR) is 33.5 cm³/mol. The molecule has 1 rings (SSSR count). The van der Waals surface area contributed by atoms with Crippen molar-refractivity contribution in [2.75, 3.05) is 7.11 Å². The van der Waals surface area contributed by atoms with Gasteiger partial charge in [-0.3, -0.25) is 0 Å². The van der Waals surface area contributed by atoms with Gasteiger partial charge in [0.1, 0.15) is 0 Å². The molecule has 78 valence electrons. The smallest absolute Gasteiger partial charge is 0.341 e. The van der Waals surface area contributed by atoms with Gasteiger partial charge in [-0.25, -0.2) is 8.78 Å². The second-order valence-corrected chi connectivity index (χ2v) is 3.62. The van der Waals surface area contributed by atoms with Crippen LogP contribution in [0.15, 0.2) is 0 Å². The van der Waals surface area contributed by atoms with Crippen molar-refractivity contribution >= 4 is 15.9 Å². The van der Waals surface area contributed by atoms with E-state index >= 15 is 0 Å². The Morgan fingerprint density at radius 2 is 1.31 bits per heavy atom. The quantitative estimate of drug-likeness (QED) is 0.527. The monoisotopic (exact) mass is 272 g/mol. The summed E-state index contributed by atoms with van der Waals surface area (Å²) < 4.78 is 74.0. The van der Waals surface area contributed by atoms with E-state index in [2.05, 4.69) is 4.74 Å². The van der Waals surface area contributed by atoms with Crippen LogP contribution in [-0.4, -0.2) is 29.4 Å². The van der Waals surface area contributed by atoms with Crippen LogP contribution in [0.3, 0.4) is 0 Å². The van der Waals surface area contributed by atoms with E-state index in [0.29, 0.717) is 7.11 Å².